The summed E-state index contributed by atoms with van der Waals surface area (Å²) in [6.07, 6.45) is 5.92. The first kappa shape index (κ1) is 28.8. The normalized spacial score (nSPS) is 15.2. The summed E-state index contributed by atoms with van der Waals surface area (Å²) in [4.78, 5) is 5.88. The molecule has 9 aromatic rings. The number of hydrogen-bond acceptors (Lipinski definition) is 4. The molecule has 10 rings (SSSR count). The van der Waals surface area contributed by atoms with E-state index < -0.39 is 0 Å². The SMILES string of the molecule is CCc1cc2c3cc(C(C)C)sc3c3c4cccc5c6c7sc(C(C)C)cc7c7c(c6c6cccc(c6c54)c3c2s1)SC(C)(C)C=C7. The molecule has 4 heterocycles. The van der Waals surface area contributed by atoms with Crippen LogP contribution in [0.5, 0.6) is 0 Å². The van der Waals surface area contributed by atoms with Crippen LogP contribution in [0.25, 0.3) is 90.2 Å². The van der Waals surface area contributed by atoms with E-state index in [1.54, 1.807) is 0 Å². The summed E-state index contributed by atoms with van der Waals surface area (Å²) in [6.45, 7) is 16.4. The zero-order chi connectivity index (χ0) is 32.1. The van der Waals surface area contributed by atoms with Gasteiger partial charge in [-0.2, -0.15) is 0 Å². The van der Waals surface area contributed by atoms with Crippen molar-refractivity contribution in [1.82, 2.24) is 0 Å². The molecule has 232 valence electrons. The van der Waals surface area contributed by atoms with Gasteiger partial charge in [0.25, 0.3) is 0 Å². The fourth-order valence-corrected chi connectivity index (χ4v) is 13.2. The Morgan fingerprint density at radius 2 is 1.06 bits per heavy atom. The molecule has 47 heavy (non-hydrogen) atoms. The molecule has 0 N–H and O–H groups in total. The standard InChI is InChI=1S/C43H36S4/c1-8-22-17-28-30-19-32(21(4)5)46-41(30)36-25-12-9-13-26-33(25)34-24(35(36)39(28)44-22)11-10-14-27(34)38-37(26)40-29(18-31(45-40)20(2)3)23-15-16-43(6,7)47-42(23)38/h9-21H,8H2,1-7H3. The van der Waals surface area contributed by atoms with Gasteiger partial charge in [0.2, 0.25) is 0 Å². The summed E-state index contributed by atoms with van der Waals surface area (Å²) in [5.74, 6) is 1.00. The third-order valence-electron chi connectivity index (χ3n) is 10.5. The summed E-state index contributed by atoms with van der Waals surface area (Å²) in [5.41, 5.74) is 1.41. The lowest BCUT2D eigenvalue weighted by molar-refractivity contribution is 0.890. The summed E-state index contributed by atoms with van der Waals surface area (Å²) in [5, 5.41) is 18.7. The summed E-state index contributed by atoms with van der Waals surface area (Å²) in [7, 11) is 0. The van der Waals surface area contributed by atoms with Gasteiger partial charge in [0.15, 0.2) is 0 Å². The fourth-order valence-electron chi connectivity index (χ4n) is 8.23. The second-order valence-corrected chi connectivity index (χ2v) is 19.6. The van der Waals surface area contributed by atoms with Crippen LogP contribution in [0.1, 0.15) is 80.5 Å². The molecule has 0 aliphatic carbocycles. The van der Waals surface area contributed by atoms with E-state index in [-0.39, 0.29) is 4.75 Å². The number of hydrogen-bond donors (Lipinski definition) is 0. The van der Waals surface area contributed by atoms with Crippen molar-refractivity contribution in [3.8, 4) is 0 Å². The molecule has 3 aromatic heterocycles. The van der Waals surface area contributed by atoms with E-state index in [1.165, 1.54) is 109 Å². The number of thioether (sulfide) groups is 1. The van der Waals surface area contributed by atoms with Crippen molar-refractivity contribution < 1.29 is 0 Å². The Morgan fingerprint density at radius 1 is 0.574 bits per heavy atom. The Morgan fingerprint density at radius 3 is 1.64 bits per heavy atom. The highest BCUT2D eigenvalue weighted by atomic mass is 32.2. The molecule has 0 unspecified atom stereocenters. The molecule has 6 aromatic carbocycles. The van der Waals surface area contributed by atoms with Crippen molar-refractivity contribution in [2.24, 2.45) is 0 Å². The monoisotopic (exact) mass is 680 g/mol. The second kappa shape index (κ2) is 9.72. The van der Waals surface area contributed by atoms with Crippen LogP contribution in [0.3, 0.4) is 0 Å². The van der Waals surface area contributed by atoms with Crippen molar-refractivity contribution in [3.05, 3.63) is 80.9 Å². The van der Waals surface area contributed by atoms with Crippen molar-refractivity contribution in [3.63, 3.8) is 0 Å². The molecule has 0 bridgehead atoms. The highest BCUT2D eigenvalue weighted by molar-refractivity contribution is 8.01. The highest BCUT2D eigenvalue weighted by Gasteiger charge is 2.30. The van der Waals surface area contributed by atoms with E-state index in [4.69, 9.17) is 0 Å². The number of aryl methyl sites for hydroxylation is 1. The van der Waals surface area contributed by atoms with Crippen molar-refractivity contribution in [2.75, 3.05) is 0 Å². The van der Waals surface area contributed by atoms with Crippen molar-refractivity contribution in [2.45, 2.75) is 76.4 Å². The minimum Gasteiger partial charge on any atom is -0.140 e. The molecule has 4 heteroatoms. The molecule has 0 fully saturated rings. The average Bonchev–Trinajstić information content (AvgIpc) is 3.80. The smallest absolute Gasteiger partial charge is 0.0437 e. The van der Waals surface area contributed by atoms with E-state index >= 15 is 0 Å². The predicted molar refractivity (Wildman–Crippen MR) is 218 cm³/mol. The molecule has 0 spiro atoms. The number of fused-ring (bicyclic) bond motifs is 16. The number of rotatable bonds is 3. The zero-order valence-electron chi connectivity index (χ0n) is 27.8. The Balaban J connectivity index is 1.54. The maximum atomic E-state index is 2.51. The van der Waals surface area contributed by atoms with Gasteiger partial charge in [-0.05, 0) is 88.2 Å². The van der Waals surface area contributed by atoms with Gasteiger partial charge < -0.3 is 0 Å². The number of thiophene rings is 3. The van der Waals surface area contributed by atoms with Crippen LogP contribution >= 0.6 is 45.8 Å². The Hall–Kier alpha value is -3.15. The fraction of sp³-hybridized carbons (Fsp3) is 0.256. The minimum absolute atomic E-state index is 0.0352. The molecule has 0 saturated carbocycles. The van der Waals surface area contributed by atoms with Crippen LogP contribution in [0.15, 0.2) is 65.6 Å². The van der Waals surface area contributed by atoms with Gasteiger partial charge in [0.05, 0.1) is 0 Å². The first-order chi connectivity index (χ1) is 22.6. The summed E-state index contributed by atoms with van der Waals surface area (Å²) in [6, 6.07) is 21.9. The van der Waals surface area contributed by atoms with Crippen LogP contribution in [-0.2, 0) is 6.42 Å². The van der Waals surface area contributed by atoms with E-state index in [9.17, 15) is 0 Å². The number of benzene rings is 6. The van der Waals surface area contributed by atoms with E-state index in [0.29, 0.717) is 11.8 Å². The van der Waals surface area contributed by atoms with Gasteiger partial charge in [-0.15, -0.1) is 45.8 Å². The molecular weight excluding hydrogens is 645 g/mol. The molecule has 0 atom stereocenters. The van der Waals surface area contributed by atoms with Gasteiger partial charge in [-0.25, -0.2) is 0 Å². The van der Waals surface area contributed by atoms with Gasteiger partial charge in [-0.1, -0.05) is 83.2 Å². The Labute approximate surface area is 291 Å². The average molecular weight is 681 g/mol. The predicted octanol–water partition coefficient (Wildman–Crippen LogP) is 15.2. The van der Waals surface area contributed by atoms with Crippen LogP contribution in [0.2, 0.25) is 0 Å². The molecule has 0 saturated heterocycles. The molecular formula is C43H36S4. The van der Waals surface area contributed by atoms with Crippen LogP contribution in [0.4, 0.5) is 0 Å². The maximum absolute atomic E-state index is 2.51. The molecule has 1 aliphatic heterocycles. The summed E-state index contributed by atoms with van der Waals surface area (Å²) < 4.78 is 4.41. The third-order valence-corrected chi connectivity index (χ3v) is 16.0. The van der Waals surface area contributed by atoms with Crippen molar-refractivity contribution >= 4 is 136 Å². The van der Waals surface area contributed by atoms with Crippen LogP contribution in [-0.4, -0.2) is 4.75 Å². The van der Waals surface area contributed by atoms with Gasteiger partial charge in [-0.3, -0.25) is 0 Å². The lowest BCUT2D eigenvalue weighted by Gasteiger charge is -2.28. The van der Waals surface area contributed by atoms with Crippen molar-refractivity contribution in [1.29, 1.82) is 0 Å². The lowest BCUT2D eigenvalue weighted by atomic mass is 9.84. The van der Waals surface area contributed by atoms with Crippen LogP contribution < -0.4 is 0 Å². The first-order valence-corrected chi connectivity index (χ1v) is 20.2. The summed E-state index contributed by atoms with van der Waals surface area (Å²) >= 11 is 8.12. The minimum atomic E-state index is 0.0352. The van der Waals surface area contributed by atoms with E-state index in [2.05, 4.69) is 127 Å². The van der Waals surface area contributed by atoms with Gasteiger partial charge >= 0.3 is 0 Å². The molecule has 0 nitrogen and oxygen atoms in total. The maximum Gasteiger partial charge on any atom is 0.0437 e. The zero-order valence-corrected chi connectivity index (χ0v) is 31.1. The largest absolute Gasteiger partial charge is 0.140 e. The van der Waals surface area contributed by atoms with E-state index in [1.807, 2.05) is 34.0 Å². The second-order valence-electron chi connectivity index (χ2n) is 14.6. The molecule has 1 aliphatic rings. The van der Waals surface area contributed by atoms with Gasteiger partial charge in [0, 0.05) is 76.1 Å². The highest BCUT2D eigenvalue weighted by Crippen LogP contribution is 2.57. The van der Waals surface area contributed by atoms with Gasteiger partial charge in [0.1, 0.15) is 0 Å². The Bertz CT molecular complexity index is 2830. The lowest BCUT2D eigenvalue weighted by Crippen LogP contribution is -2.13. The Kier molecular flexibility index (Phi) is 5.96. The first-order valence-electron chi connectivity index (χ1n) is 17.0. The quantitative estimate of drug-likeness (QED) is 0.132. The third kappa shape index (κ3) is 3.76. The molecule has 0 radical (unpaired) electrons. The van der Waals surface area contributed by atoms with E-state index in [0.717, 1.165) is 6.42 Å². The topological polar surface area (TPSA) is 0 Å². The van der Waals surface area contributed by atoms with Crippen LogP contribution in [0, 0.1) is 0 Å². The molecule has 0 amide bonds.